The highest BCUT2D eigenvalue weighted by Gasteiger charge is 2.23. The number of thioether (sulfide) groups is 1. The Hall–Kier alpha value is -3.32. The Morgan fingerprint density at radius 2 is 1.84 bits per heavy atom. The first-order valence-electron chi connectivity index (χ1n) is 9.00. The molecule has 31 heavy (non-hydrogen) atoms. The molecule has 13 heteroatoms. The zero-order chi connectivity index (χ0) is 23.6. The number of nitrogens with two attached hydrogens (primary N) is 1. The van der Waals surface area contributed by atoms with Crippen LogP contribution in [0.5, 0.6) is 5.75 Å². The molecule has 3 amide bonds. The summed E-state index contributed by atoms with van der Waals surface area (Å²) in [7, 11) is 0. The van der Waals surface area contributed by atoms with Crippen LogP contribution in [-0.4, -0.2) is 69.4 Å². The third kappa shape index (κ3) is 9.82. The fourth-order valence-corrected chi connectivity index (χ4v) is 3.24. The van der Waals surface area contributed by atoms with E-state index in [0.29, 0.717) is 10.6 Å². The number of hydrogen-bond donors (Lipinski definition) is 7. The number of carboxylic acids is 2. The zero-order valence-corrected chi connectivity index (χ0v) is 17.4. The molecule has 1 aromatic carbocycles. The molecule has 1 aromatic rings. The molecule has 0 bridgehead atoms. The summed E-state index contributed by atoms with van der Waals surface area (Å²) in [6.45, 7) is 0.650. The van der Waals surface area contributed by atoms with Gasteiger partial charge in [-0.2, -0.15) is 0 Å². The summed E-state index contributed by atoms with van der Waals surface area (Å²) < 4.78 is 0. The predicted molar refractivity (Wildman–Crippen MR) is 111 cm³/mol. The third-order valence-electron chi connectivity index (χ3n) is 3.75. The quantitative estimate of drug-likeness (QED) is 0.156. The number of hydrogen-bond acceptors (Lipinski definition) is 8. The second kappa shape index (κ2) is 12.4. The van der Waals surface area contributed by atoms with Gasteiger partial charge in [-0.25, -0.2) is 0 Å². The minimum Gasteiger partial charge on any atom is -0.507 e. The molecule has 0 saturated carbocycles. The van der Waals surface area contributed by atoms with Crippen molar-refractivity contribution in [2.75, 3.05) is 17.6 Å². The normalized spacial score (nSPS) is 12.3. The van der Waals surface area contributed by atoms with E-state index in [2.05, 4.69) is 16.0 Å². The van der Waals surface area contributed by atoms with E-state index in [1.807, 2.05) is 0 Å². The number of carbonyl (C=O) groups excluding carboxylic acids is 3. The Morgan fingerprint density at radius 3 is 2.42 bits per heavy atom. The van der Waals surface area contributed by atoms with Gasteiger partial charge in [-0.15, -0.1) is 11.8 Å². The molecule has 170 valence electrons. The van der Waals surface area contributed by atoms with Crippen molar-refractivity contribution in [1.29, 1.82) is 0 Å². The van der Waals surface area contributed by atoms with E-state index in [1.165, 1.54) is 25.1 Å². The summed E-state index contributed by atoms with van der Waals surface area (Å²) in [5.74, 6) is -4.50. The number of amides is 3. The molecule has 0 spiro atoms. The lowest BCUT2D eigenvalue weighted by Crippen LogP contribution is -2.49. The number of anilines is 1. The monoisotopic (exact) mass is 456 g/mol. The maximum absolute atomic E-state index is 12.3. The van der Waals surface area contributed by atoms with Crippen LogP contribution in [0.1, 0.15) is 19.8 Å². The van der Waals surface area contributed by atoms with Crippen LogP contribution in [0.3, 0.4) is 0 Å². The minimum absolute atomic E-state index is 0.0841. The van der Waals surface area contributed by atoms with Crippen LogP contribution >= 0.6 is 11.8 Å². The zero-order valence-electron chi connectivity index (χ0n) is 16.6. The lowest BCUT2D eigenvalue weighted by Gasteiger charge is -2.18. The van der Waals surface area contributed by atoms with Crippen molar-refractivity contribution in [1.82, 2.24) is 10.6 Å². The molecule has 0 heterocycles. The Bertz CT molecular complexity index is 848. The van der Waals surface area contributed by atoms with Gasteiger partial charge in [-0.1, -0.05) is 0 Å². The number of nitrogens with one attached hydrogen (secondary N) is 3. The summed E-state index contributed by atoms with van der Waals surface area (Å²) >= 11 is 0.987. The lowest BCUT2D eigenvalue weighted by molar-refractivity contribution is -0.139. The summed E-state index contributed by atoms with van der Waals surface area (Å²) in [5.41, 5.74) is 5.76. The number of carbonyl (C=O) groups is 5. The highest BCUT2D eigenvalue weighted by Crippen LogP contribution is 2.31. The highest BCUT2D eigenvalue weighted by atomic mass is 32.2. The van der Waals surface area contributed by atoms with Gasteiger partial charge in [0.25, 0.3) is 0 Å². The first-order chi connectivity index (χ1) is 14.5. The number of rotatable bonds is 12. The first kappa shape index (κ1) is 25.7. The fourth-order valence-electron chi connectivity index (χ4n) is 2.23. The second-order valence-electron chi connectivity index (χ2n) is 6.39. The van der Waals surface area contributed by atoms with Gasteiger partial charge in [0.05, 0.1) is 4.90 Å². The molecule has 1 unspecified atom stereocenters. The van der Waals surface area contributed by atoms with Crippen molar-refractivity contribution in [3.63, 3.8) is 0 Å². The highest BCUT2D eigenvalue weighted by molar-refractivity contribution is 7.99. The van der Waals surface area contributed by atoms with Gasteiger partial charge in [0.2, 0.25) is 17.7 Å². The van der Waals surface area contributed by atoms with Crippen molar-refractivity contribution in [2.24, 2.45) is 5.73 Å². The number of aromatic hydroxyl groups is 1. The van der Waals surface area contributed by atoms with E-state index in [-0.39, 0.29) is 30.3 Å². The Morgan fingerprint density at radius 1 is 1.16 bits per heavy atom. The number of phenols is 1. The van der Waals surface area contributed by atoms with Gasteiger partial charge >= 0.3 is 11.9 Å². The SMILES string of the molecule is CC(=O)Nc1ccc(O)c(SC[C@H](NC(=O)CCC(N)C(=O)O)C(=O)NCC(=O)O)c1. The topological polar surface area (TPSA) is 208 Å². The third-order valence-corrected chi connectivity index (χ3v) is 4.89. The summed E-state index contributed by atoms with van der Waals surface area (Å²) in [6.07, 6.45) is -0.415. The molecule has 0 saturated heterocycles. The van der Waals surface area contributed by atoms with E-state index >= 15 is 0 Å². The summed E-state index contributed by atoms with van der Waals surface area (Å²) in [5, 5.41) is 34.6. The Balaban J connectivity index is 2.85. The largest absolute Gasteiger partial charge is 0.507 e. The second-order valence-corrected chi connectivity index (χ2v) is 7.45. The van der Waals surface area contributed by atoms with Gasteiger partial charge < -0.3 is 37.0 Å². The molecule has 0 aliphatic rings. The molecule has 0 fully saturated rings. The lowest BCUT2D eigenvalue weighted by atomic mass is 10.1. The van der Waals surface area contributed by atoms with E-state index in [4.69, 9.17) is 15.9 Å². The number of benzene rings is 1. The van der Waals surface area contributed by atoms with Gasteiger partial charge in [-0.05, 0) is 24.6 Å². The van der Waals surface area contributed by atoms with Crippen molar-refractivity contribution in [3.05, 3.63) is 18.2 Å². The van der Waals surface area contributed by atoms with Gasteiger partial charge in [0.1, 0.15) is 24.4 Å². The Kier molecular flexibility index (Phi) is 10.3. The van der Waals surface area contributed by atoms with Crippen LogP contribution in [0.4, 0.5) is 5.69 Å². The van der Waals surface area contributed by atoms with Crippen LogP contribution in [0.15, 0.2) is 23.1 Å². The summed E-state index contributed by atoms with van der Waals surface area (Å²) in [4.78, 5) is 57.4. The van der Waals surface area contributed by atoms with Crippen LogP contribution in [0.25, 0.3) is 0 Å². The molecule has 8 N–H and O–H groups in total. The average Bonchev–Trinajstić information content (AvgIpc) is 2.68. The number of aliphatic carboxylic acids is 2. The van der Waals surface area contributed by atoms with E-state index < -0.39 is 42.4 Å². The Labute approximate surface area is 181 Å². The van der Waals surface area contributed by atoms with E-state index in [0.717, 1.165) is 11.8 Å². The molecule has 0 aliphatic heterocycles. The number of phenolic OH excluding ortho intramolecular Hbond substituents is 1. The first-order valence-corrected chi connectivity index (χ1v) is 9.98. The smallest absolute Gasteiger partial charge is 0.322 e. The van der Waals surface area contributed by atoms with Crippen molar-refractivity contribution < 1.29 is 39.3 Å². The van der Waals surface area contributed by atoms with E-state index in [9.17, 15) is 29.1 Å². The molecule has 2 atom stereocenters. The molecule has 0 aliphatic carbocycles. The molecule has 1 rings (SSSR count). The summed E-state index contributed by atoms with van der Waals surface area (Å²) in [6, 6.07) is 1.88. The van der Waals surface area contributed by atoms with Crippen LogP contribution < -0.4 is 21.7 Å². The van der Waals surface area contributed by atoms with E-state index in [1.54, 1.807) is 0 Å². The minimum atomic E-state index is -1.28. The fraction of sp³-hybridized carbons (Fsp3) is 0.389. The average molecular weight is 456 g/mol. The standard InChI is InChI=1S/C18H24N4O8S/c1-9(23)21-10-2-4-13(24)14(6-10)31-8-12(17(28)20-7-16(26)27)22-15(25)5-3-11(19)18(29)30/h2,4,6,11-12,24H,3,5,7-8,19H2,1H3,(H,20,28)(H,21,23)(H,22,25)(H,26,27)(H,29,30)/t11?,12-/m0/s1. The maximum atomic E-state index is 12.3. The number of carboxylic acid groups (broad SMARTS) is 2. The van der Waals surface area contributed by atoms with Crippen LogP contribution in [0, 0.1) is 0 Å². The molecule has 12 nitrogen and oxygen atoms in total. The van der Waals surface area contributed by atoms with Crippen molar-refractivity contribution in [3.8, 4) is 5.75 Å². The van der Waals surface area contributed by atoms with Crippen molar-refractivity contribution in [2.45, 2.75) is 36.7 Å². The maximum Gasteiger partial charge on any atom is 0.322 e. The van der Waals surface area contributed by atoms with Gasteiger partial charge in [-0.3, -0.25) is 24.0 Å². The van der Waals surface area contributed by atoms with Gasteiger partial charge in [0, 0.05) is 24.8 Å². The predicted octanol–water partition coefficient (Wildman–Crippen LogP) is -0.680. The molecular formula is C18H24N4O8S. The molecule has 0 radical (unpaired) electrons. The van der Waals surface area contributed by atoms with Crippen molar-refractivity contribution >= 4 is 47.1 Å². The molecule has 0 aromatic heterocycles. The molecular weight excluding hydrogens is 432 g/mol. The van der Waals surface area contributed by atoms with Crippen LogP contribution in [0.2, 0.25) is 0 Å². The van der Waals surface area contributed by atoms with Gasteiger partial charge in [0.15, 0.2) is 0 Å². The van der Waals surface area contributed by atoms with Crippen LogP contribution in [-0.2, 0) is 24.0 Å².